The van der Waals surface area contributed by atoms with Gasteiger partial charge >= 0.3 is 6.18 Å². The molecule has 1 heterocycles. The Kier molecular flexibility index (Phi) is 6.51. The van der Waals surface area contributed by atoms with Crippen molar-refractivity contribution < 1.29 is 22.8 Å². The third kappa shape index (κ3) is 5.22. The van der Waals surface area contributed by atoms with Crippen LogP contribution < -0.4 is 5.73 Å². The summed E-state index contributed by atoms with van der Waals surface area (Å²) in [6.45, 7) is 2.35. The second-order valence-electron chi connectivity index (χ2n) is 7.13. The van der Waals surface area contributed by atoms with E-state index in [0.29, 0.717) is 24.9 Å². The first-order chi connectivity index (χ1) is 12.6. The van der Waals surface area contributed by atoms with Crippen LogP contribution in [0.5, 0.6) is 0 Å². The molecule has 150 valence electrons. The molecule has 0 aliphatic carbocycles. The van der Waals surface area contributed by atoms with Crippen LogP contribution in [0.3, 0.4) is 0 Å². The van der Waals surface area contributed by atoms with Gasteiger partial charge in [0.05, 0.1) is 5.92 Å². The summed E-state index contributed by atoms with van der Waals surface area (Å²) in [5.41, 5.74) is 5.66. The predicted octanol–water partition coefficient (Wildman–Crippen LogP) is 2.51. The van der Waals surface area contributed by atoms with Gasteiger partial charge in [0.25, 0.3) is 0 Å². The molecule has 1 aromatic rings. The molecule has 0 bridgehead atoms. The van der Waals surface area contributed by atoms with Crippen LogP contribution in [-0.2, 0) is 15.1 Å². The van der Waals surface area contributed by atoms with Crippen molar-refractivity contribution in [2.45, 2.75) is 38.4 Å². The van der Waals surface area contributed by atoms with Crippen molar-refractivity contribution in [3.63, 3.8) is 0 Å². The summed E-state index contributed by atoms with van der Waals surface area (Å²) >= 11 is 0. The van der Waals surface area contributed by atoms with Crippen molar-refractivity contribution in [1.29, 1.82) is 0 Å². The molecule has 8 heteroatoms. The van der Waals surface area contributed by atoms with E-state index >= 15 is 0 Å². The number of hydrogen-bond donors (Lipinski definition) is 1. The molecule has 0 spiro atoms. The first kappa shape index (κ1) is 21.2. The molecule has 1 aliphatic heterocycles. The summed E-state index contributed by atoms with van der Waals surface area (Å²) in [6.07, 6.45) is -3.43. The fraction of sp³-hybridized carbons (Fsp3) is 0.579. The lowest BCUT2D eigenvalue weighted by Crippen LogP contribution is -2.55. The molecule has 1 fully saturated rings. The lowest BCUT2D eigenvalue weighted by atomic mass is 9.89. The maximum atomic E-state index is 13.0. The first-order valence-corrected chi connectivity index (χ1v) is 9.05. The summed E-state index contributed by atoms with van der Waals surface area (Å²) in [5.74, 6) is -1.53. The number of piperidine rings is 1. The third-order valence-electron chi connectivity index (χ3n) is 4.94. The highest BCUT2D eigenvalue weighted by molar-refractivity contribution is 5.88. The van der Waals surface area contributed by atoms with Crippen LogP contribution in [0.2, 0.25) is 0 Å². The number of benzene rings is 1. The third-order valence-corrected chi connectivity index (χ3v) is 4.94. The maximum absolute atomic E-state index is 13.0. The molecule has 2 N–H and O–H groups in total. The molecule has 0 radical (unpaired) electrons. The van der Waals surface area contributed by atoms with Crippen LogP contribution in [0.4, 0.5) is 13.2 Å². The highest BCUT2D eigenvalue weighted by Crippen LogP contribution is 2.26. The molecule has 1 saturated heterocycles. The summed E-state index contributed by atoms with van der Waals surface area (Å²) in [6, 6.07) is 8.90. The zero-order valence-corrected chi connectivity index (χ0v) is 15.6. The van der Waals surface area contributed by atoms with Crippen molar-refractivity contribution in [3.8, 4) is 0 Å². The summed E-state index contributed by atoms with van der Waals surface area (Å²) in [5, 5.41) is 0. The molecule has 2 unspecified atom stereocenters. The normalized spacial score (nSPS) is 20.1. The zero-order valence-electron chi connectivity index (χ0n) is 15.6. The number of carbonyl (C=O) groups is 2. The Hall–Kier alpha value is -2.09. The molecule has 2 amide bonds. The monoisotopic (exact) mass is 385 g/mol. The molecular weight excluding hydrogens is 359 g/mol. The molecule has 2 atom stereocenters. The van der Waals surface area contributed by atoms with Crippen LogP contribution >= 0.6 is 0 Å². The van der Waals surface area contributed by atoms with Gasteiger partial charge in [-0.25, -0.2) is 0 Å². The van der Waals surface area contributed by atoms with E-state index < -0.39 is 30.1 Å². The lowest BCUT2D eigenvalue weighted by Gasteiger charge is -2.38. The minimum atomic E-state index is -4.45. The largest absolute Gasteiger partial charge is 0.406 e. The van der Waals surface area contributed by atoms with Gasteiger partial charge in [0.1, 0.15) is 12.1 Å². The molecule has 27 heavy (non-hydrogen) atoms. The number of carbonyl (C=O) groups excluding carboxylic acids is 2. The molecule has 5 nitrogen and oxygen atoms in total. The number of rotatable bonds is 5. The second kappa shape index (κ2) is 8.29. The number of alkyl halides is 3. The number of amides is 2. The van der Waals surface area contributed by atoms with Gasteiger partial charge in [-0.05, 0) is 32.3 Å². The van der Waals surface area contributed by atoms with E-state index in [4.69, 9.17) is 5.73 Å². The SMILES string of the molecule is CCN(CC(F)(F)F)C(=O)C1CCCN(C(=O)C(C)(N)c2ccccc2)C1. The number of nitrogens with zero attached hydrogens (tertiary/aromatic N) is 2. The van der Waals surface area contributed by atoms with Crippen molar-refractivity contribution in [1.82, 2.24) is 9.80 Å². The Bertz CT molecular complexity index is 662. The van der Waals surface area contributed by atoms with Gasteiger partial charge in [0, 0.05) is 19.6 Å². The van der Waals surface area contributed by atoms with E-state index in [1.54, 1.807) is 31.2 Å². The number of likely N-dealkylation sites (tertiary alicyclic amines) is 1. The molecule has 2 rings (SSSR count). The molecule has 0 saturated carbocycles. The van der Waals surface area contributed by atoms with Gasteiger partial charge in [-0.1, -0.05) is 30.3 Å². The average Bonchev–Trinajstić information content (AvgIpc) is 2.65. The van der Waals surface area contributed by atoms with Gasteiger partial charge in [0.2, 0.25) is 11.8 Å². The Balaban J connectivity index is 2.10. The number of halogens is 3. The Morgan fingerprint density at radius 1 is 1.26 bits per heavy atom. The van der Waals surface area contributed by atoms with Crippen LogP contribution in [0, 0.1) is 5.92 Å². The lowest BCUT2D eigenvalue weighted by molar-refractivity contribution is -0.165. The van der Waals surface area contributed by atoms with Crippen molar-refractivity contribution >= 4 is 11.8 Å². The highest BCUT2D eigenvalue weighted by atomic mass is 19.4. The van der Waals surface area contributed by atoms with Gasteiger partial charge in [-0.2, -0.15) is 13.2 Å². The second-order valence-corrected chi connectivity index (χ2v) is 7.13. The van der Waals surface area contributed by atoms with Crippen molar-refractivity contribution in [3.05, 3.63) is 35.9 Å². The van der Waals surface area contributed by atoms with Crippen LogP contribution in [0.25, 0.3) is 0 Å². The fourth-order valence-corrected chi connectivity index (χ4v) is 3.42. The fourth-order valence-electron chi connectivity index (χ4n) is 3.42. The van der Waals surface area contributed by atoms with Gasteiger partial charge in [-0.3, -0.25) is 9.59 Å². The minimum Gasteiger partial charge on any atom is -0.340 e. The van der Waals surface area contributed by atoms with Gasteiger partial charge in [-0.15, -0.1) is 0 Å². The van der Waals surface area contributed by atoms with Crippen molar-refractivity contribution in [2.24, 2.45) is 11.7 Å². The summed E-state index contributed by atoms with van der Waals surface area (Å²) in [4.78, 5) is 27.8. The van der Waals surface area contributed by atoms with Crippen molar-refractivity contribution in [2.75, 3.05) is 26.2 Å². The molecule has 0 aromatic heterocycles. The van der Waals surface area contributed by atoms with Gasteiger partial charge in [0.15, 0.2) is 0 Å². The molecule has 1 aliphatic rings. The topological polar surface area (TPSA) is 66.6 Å². The molecule has 1 aromatic carbocycles. The minimum absolute atomic E-state index is 0.0264. The van der Waals surface area contributed by atoms with E-state index in [2.05, 4.69) is 0 Å². The van der Waals surface area contributed by atoms with E-state index in [1.807, 2.05) is 6.07 Å². The first-order valence-electron chi connectivity index (χ1n) is 9.05. The summed E-state index contributed by atoms with van der Waals surface area (Å²) in [7, 11) is 0. The maximum Gasteiger partial charge on any atom is 0.406 e. The predicted molar refractivity (Wildman–Crippen MR) is 95.6 cm³/mol. The van der Waals surface area contributed by atoms with E-state index in [0.717, 1.165) is 4.90 Å². The zero-order chi connectivity index (χ0) is 20.2. The highest BCUT2D eigenvalue weighted by Gasteiger charge is 2.40. The number of hydrogen-bond acceptors (Lipinski definition) is 3. The Morgan fingerprint density at radius 2 is 1.89 bits per heavy atom. The van der Waals surface area contributed by atoms with Crippen LogP contribution in [0.15, 0.2) is 30.3 Å². The van der Waals surface area contributed by atoms with Crippen LogP contribution in [0.1, 0.15) is 32.3 Å². The number of nitrogens with two attached hydrogens (primary N) is 1. The van der Waals surface area contributed by atoms with E-state index in [1.165, 1.54) is 11.8 Å². The quantitative estimate of drug-likeness (QED) is 0.847. The Morgan fingerprint density at radius 3 is 2.44 bits per heavy atom. The van der Waals surface area contributed by atoms with E-state index in [-0.39, 0.29) is 19.0 Å². The average molecular weight is 385 g/mol. The summed E-state index contributed by atoms with van der Waals surface area (Å²) < 4.78 is 38.1. The van der Waals surface area contributed by atoms with Crippen LogP contribution in [-0.4, -0.2) is 54.0 Å². The Labute approximate surface area is 157 Å². The standard InChI is InChI=1S/C19H26F3N3O2/c1-3-24(13-19(20,21)22)16(26)14-8-7-11-25(12-14)17(27)18(2,23)15-9-5-4-6-10-15/h4-6,9-10,14H,3,7-8,11-13,23H2,1-2H3. The molecular formula is C19H26F3N3O2. The van der Waals surface area contributed by atoms with Gasteiger partial charge < -0.3 is 15.5 Å². The van der Waals surface area contributed by atoms with E-state index in [9.17, 15) is 22.8 Å². The smallest absolute Gasteiger partial charge is 0.340 e.